The van der Waals surface area contributed by atoms with Crippen molar-refractivity contribution >= 4 is 10.0 Å². The Morgan fingerprint density at radius 3 is 2.72 bits per heavy atom. The van der Waals surface area contributed by atoms with Gasteiger partial charge in [-0.25, -0.2) is 8.42 Å². The second-order valence-corrected chi connectivity index (χ2v) is 6.81. The first-order chi connectivity index (χ1) is 8.46. The van der Waals surface area contributed by atoms with Crippen molar-refractivity contribution < 1.29 is 12.9 Å². The number of aromatic nitrogens is 1. The van der Waals surface area contributed by atoms with Gasteiger partial charge in [0.2, 0.25) is 10.0 Å². The normalized spacial score (nSPS) is 22.3. The zero-order chi connectivity index (χ0) is 13.3. The van der Waals surface area contributed by atoms with Crippen LogP contribution in [0, 0.1) is 19.8 Å². The number of aryl methyl sites for hydroxylation is 2. The lowest BCUT2D eigenvalue weighted by atomic mass is 9.97. The Kier molecular flexibility index (Phi) is 3.77. The Balaban J connectivity index is 2.31. The monoisotopic (exact) mass is 272 g/mol. The number of sulfonamides is 1. The van der Waals surface area contributed by atoms with Crippen molar-refractivity contribution in [2.75, 3.05) is 13.1 Å². The van der Waals surface area contributed by atoms with Crippen molar-refractivity contribution in [1.82, 2.24) is 9.46 Å². The van der Waals surface area contributed by atoms with E-state index in [0.29, 0.717) is 30.5 Å². The van der Waals surface area contributed by atoms with E-state index in [0.717, 1.165) is 19.3 Å². The van der Waals surface area contributed by atoms with Gasteiger partial charge in [0.1, 0.15) is 10.6 Å². The Morgan fingerprint density at radius 2 is 2.17 bits per heavy atom. The highest BCUT2D eigenvalue weighted by Gasteiger charge is 2.33. The minimum absolute atomic E-state index is 0.249. The molecule has 0 aliphatic carbocycles. The van der Waals surface area contributed by atoms with Gasteiger partial charge in [0.15, 0.2) is 5.76 Å². The molecule has 1 atom stereocenters. The van der Waals surface area contributed by atoms with Gasteiger partial charge in [0.05, 0.1) is 0 Å². The molecule has 0 saturated carbocycles. The Hall–Kier alpha value is -0.880. The minimum Gasteiger partial charge on any atom is -0.360 e. The fourth-order valence-electron chi connectivity index (χ4n) is 2.55. The van der Waals surface area contributed by atoms with Crippen LogP contribution in [0.2, 0.25) is 0 Å². The van der Waals surface area contributed by atoms with Crippen LogP contribution in [0.25, 0.3) is 0 Å². The van der Waals surface area contributed by atoms with E-state index in [2.05, 4.69) is 12.1 Å². The van der Waals surface area contributed by atoms with Crippen LogP contribution in [0.5, 0.6) is 0 Å². The first-order valence-electron chi connectivity index (χ1n) is 6.39. The van der Waals surface area contributed by atoms with E-state index < -0.39 is 10.0 Å². The number of nitrogens with zero attached hydrogens (tertiary/aromatic N) is 2. The van der Waals surface area contributed by atoms with Crippen LogP contribution < -0.4 is 0 Å². The van der Waals surface area contributed by atoms with Crippen LogP contribution in [0.3, 0.4) is 0 Å². The zero-order valence-electron chi connectivity index (χ0n) is 11.1. The molecule has 2 heterocycles. The maximum absolute atomic E-state index is 12.6. The minimum atomic E-state index is -3.45. The summed E-state index contributed by atoms with van der Waals surface area (Å²) in [5, 5.41) is 3.74. The molecule has 0 bridgehead atoms. The average Bonchev–Trinajstić information content (AvgIpc) is 2.69. The van der Waals surface area contributed by atoms with Crippen molar-refractivity contribution in [3.8, 4) is 0 Å². The summed E-state index contributed by atoms with van der Waals surface area (Å²) < 4.78 is 31.7. The van der Waals surface area contributed by atoms with Gasteiger partial charge in [-0.3, -0.25) is 0 Å². The smallest absolute Gasteiger partial charge is 0.248 e. The second kappa shape index (κ2) is 5.01. The Bertz CT molecular complexity index is 502. The highest BCUT2D eigenvalue weighted by atomic mass is 32.2. The third-order valence-electron chi connectivity index (χ3n) is 3.62. The standard InChI is InChI=1S/C12H20N2O3S/c1-4-11-6-5-7-14(8-11)18(15,16)12-9(2)13-17-10(12)3/h11H,4-8H2,1-3H3. The molecule has 1 saturated heterocycles. The van der Waals surface area contributed by atoms with Crippen LogP contribution in [0.15, 0.2) is 9.42 Å². The molecule has 5 nitrogen and oxygen atoms in total. The first-order valence-corrected chi connectivity index (χ1v) is 7.83. The lowest BCUT2D eigenvalue weighted by Crippen LogP contribution is -2.40. The molecule has 0 radical (unpaired) electrons. The Labute approximate surface area is 108 Å². The SMILES string of the molecule is CCC1CCCN(S(=O)(=O)c2c(C)noc2C)C1. The molecule has 1 aliphatic heterocycles. The van der Waals surface area contributed by atoms with Crippen molar-refractivity contribution in [3.63, 3.8) is 0 Å². The van der Waals surface area contributed by atoms with Gasteiger partial charge in [0.25, 0.3) is 0 Å². The molecule has 0 amide bonds. The molecule has 1 aromatic rings. The summed E-state index contributed by atoms with van der Waals surface area (Å²) in [5.74, 6) is 0.847. The summed E-state index contributed by atoms with van der Waals surface area (Å²) in [6.45, 7) is 6.64. The Morgan fingerprint density at radius 1 is 1.44 bits per heavy atom. The second-order valence-electron chi connectivity index (χ2n) is 4.93. The molecule has 1 aromatic heterocycles. The van der Waals surface area contributed by atoms with E-state index in [1.54, 1.807) is 18.2 Å². The molecule has 2 rings (SSSR count). The quantitative estimate of drug-likeness (QED) is 0.845. The molecule has 1 aliphatic rings. The average molecular weight is 272 g/mol. The van der Waals surface area contributed by atoms with Crippen LogP contribution in [0.1, 0.15) is 37.6 Å². The van der Waals surface area contributed by atoms with Crippen molar-refractivity contribution in [1.29, 1.82) is 0 Å². The van der Waals surface area contributed by atoms with E-state index in [1.165, 1.54) is 0 Å². The number of hydrogen-bond acceptors (Lipinski definition) is 4. The fraction of sp³-hybridized carbons (Fsp3) is 0.750. The molecule has 6 heteroatoms. The highest BCUT2D eigenvalue weighted by molar-refractivity contribution is 7.89. The van der Waals surface area contributed by atoms with Gasteiger partial charge in [-0.2, -0.15) is 4.31 Å². The predicted molar refractivity (Wildman–Crippen MR) is 67.8 cm³/mol. The lowest BCUT2D eigenvalue weighted by molar-refractivity contribution is 0.261. The zero-order valence-corrected chi connectivity index (χ0v) is 12.0. The molecular weight excluding hydrogens is 252 g/mol. The maximum atomic E-state index is 12.6. The van der Waals surface area contributed by atoms with Gasteiger partial charge in [-0.05, 0) is 32.6 Å². The summed E-state index contributed by atoms with van der Waals surface area (Å²) in [6, 6.07) is 0. The molecule has 0 spiro atoms. The molecule has 102 valence electrons. The largest absolute Gasteiger partial charge is 0.360 e. The summed E-state index contributed by atoms with van der Waals surface area (Å²) >= 11 is 0. The van der Waals surface area contributed by atoms with Crippen LogP contribution in [0.4, 0.5) is 0 Å². The summed E-state index contributed by atoms with van der Waals surface area (Å²) in [6.07, 6.45) is 3.07. The van der Waals surface area contributed by atoms with Gasteiger partial charge in [0, 0.05) is 13.1 Å². The lowest BCUT2D eigenvalue weighted by Gasteiger charge is -2.31. The fourth-order valence-corrected chi connectivity index (χ4v) is 4.40. The summed E-state index contributed by atoms with van der Waals surface area (Å²) in [7, 11) is -3.45. The first kappa shape index (κ1) is 13.5. The number of piperidine rings is 1. The molecule has 0 N–H and O–H groups in total. The number of rotatable bonds is 3. The van der Waals surface area contributed by atoms with E-state index in [1.807, 2.05) is 0 Å². The van der Waals surface area contributed by atoms with Crippen LogP contribution >= 0.6 is 0 Å². The van der Waals surface area contributed by atoms with E-state index in [4.69, 9.17) is 4.52 Å². The molecule has 1 fully saturated rings. The van der Waals surface area contributed by atoms with Crippen molar-refractivity contribution in [2.45, 2.75) is 44.9 Å². The summed E-state index contributed by atoms with van der Waals surface area (Å²) in [4.78, 5) is 0.249. The highest BCUT2D eigenvalue weighted by Crippen LogP contribution is 2.28. The molecule has 18 heavy (non-hydrogen) atoms. The third-order valence-corrected chi connectivity index (χ3v) is 5.74. The van der Waals surface area contributed by atoms with Crippen LogP contribution in [-0.4, -0.2) is 31.0 Å². The van der Waals surface area contributed by atoms with Gasteiger partial charge in [-0.1, -0.05) is 18.5 Å². The molecule has 0 aromatic carbocycles. The predicted octanol–water partition coefficient (Wildman–Crippen LogP) is 2.10. The van der Waals surface area contributed by atoms with Crippen LogP contribution in [-0.2, 0) is 10.0 Å². The van der Waals surface area contributed by atoms with Gasteiger partial charge < -0.3 is 4.52 Å². The van der Waals surface area contributed by atoms with Crippen molar-refractivity contribution in [3.05, 3.63) is 11.5 Å². The van der Waals surface area contributed by atoms with Gasteiger partial charge in [-0.15, -0.1) is 0 Å². The number of hydrogen-bond donors (Lipinski definition) is 0. The van der Waals surface area contributed by atoms with Crippen molar-refractivity contribution in [2.24, 2.45) is 5.92 Å². The van der Waals surface area contributed by atoms with Gasteiger partial charge >= 0.3 is 0 Å². The molecule has 1 unspecified atom stereocenters. The van der Waals surface area contributed by atoms with E-state index >= 15 is 0 Å². The maximum Gasteiger partial charge on any atom is 0.248 e. The molecular formula is C12H20N2O3S. The van der Waals surface area contributed by atoms with E-state index in [-0.39, 0.29) is 4.90 Å². The topological polar surface area (TPSA) is 63.4 Å². The van der Waals surface area contributed by atoms with E-state index in [9.17, 15) is 8.42 Å². The summed E-state index contributed by atoms with van der Waals surface area (Å²) in [5.41, 5.74) is 0.450. The third kappa shape index (κ3) is 2.31.